The molecule has 0 aliphatic carbocycles. The van der Waals surface area contributed by atoms with Gasteiger partial charge in [-0.2, -0.15) is 9.29 Å². The van der Waals surface area contributed by atoms with E-state index in [9.17, 15) is 5.21 Å². The molecule has 0 saturated carbocycles. The molecule has 0 aromatic rings. The van der Waals surface area contributed by atoms with Crippen LogP contribution in [0.1, 0.15) is 13.8 Å². The molecule has 0 radical (unpaired) electrons. The van der Waals surface area contributed by atoms with Crippen LogP contribution in [0.5, 0.6) is 0 Å². The zero-order valence-corrected chi connectivity index (χ0v) is 9.53. The van der Waals surface area contributed by atoms with Gasteiger partial charge in [0.2, 0.25) is 0 Å². The Balaban J connectivity index is 4.61. The monoisotopic (exact) mass is 190 g/mol. The van der Waals surface area contributed by atoms with E-state index in [0.717, 1.165) is 0 Å². The molecule has 78 valence electrons. The maximum absolute atomic E-state index is 9.77. The van der Waals surface area contributed by atoms with E-state index < -0.39 is 5.72 Å². The van der Waals surface area contributed by atoms with Crippen molar-refractivity contribution in [2.24, 2.45) is 0 Å². The molecule has 0 amide bonds. The SMILES string of the molecule is C=C[N+](C)(C)OC(C)(C)[N+](C)(C)O. The van der Waals surface area contributed by atoms with Crippen LogP contribution in [0.25, 0.3) is 0 Å². The average Bonchev–Trinajstić information content (AvgIpc) is 1.83. The predicted molar refractivity (Wildman–Crippen MR) is 51.4 cm³/mol. The van der Waals surface area contributed by atoms with E-state index in [-0.39, 0.29) is 9.29 Å². The van der Waals surface area contributed by atoms with Crippen LogP contribution in [0.4, 0.5) is 0 Å². The van der Waals surface area contributed by atoms with Gasteiger partial charge in [0.05, 0.1) is 0 Å². The standard InChI is InChI=1S/C9H22N2O2/c1-8-10(4,5)13-9(2,3)11(6,7)12/h8,12H,1H2,2-7H3/q+2. The van der Waals surface area contributed by atoms with E-state index in [1.807, 2.05) is 27.9 Å². The quantitative estimate of drug-likeness (QED) is 0.412. The molecule has 13 heavy (non-hydrogen) atoms. The van der Waals surface area contributed by atoms with Crippen LogP contribution in [0.15, 0.2) is 12.8 Å². The molecule has 0 rings (SSSR count). The lowest BCUT2D eigenvalue weighted by Gasteiger charge is -2.39. The summed E-state index contributed by atoms with van der Waals surface area (Å²) in [5, 5.41) is 9.77. The Kier molecular flexibility index (Phi) is 3.27. The first-order valence-electron chi connectivity index (χ1n) is 4.27. The molecule has 4 heteroatoms. The predicted octanol–water partition coefficient (Wildman–Crippen LogP) is 1.34. The second-order valence-corrected chi connectivity index (χ2v) is 4.55. The van der Waals surface area contributed by atoms with E-state index in [0.29, 0.717) is 0 Å². The maximum Gasteiger partial charge on any atom is 0.277 e. The lowest BCUT2D eigenvalue weighted by Crippen LogP contribution is -2.59. The van der Waals surface area contributed by atoms with Gasteiger partial charge in [-0.3, -0.25) is 0 Å². The summed E-state index contributed by atoms with van der Waals surface area (Å²) in [4.78, 5) is 5.68. The molecule has 0 aromatic heterocycles. The third kappa shape index (κ3) is 3.44. The molecule has 0 aromatic carbocycles. The minimum absolute atomic E-state index is 0.204. The molecule has 0 saturated heterocycles. The summed E-state index contributed by atoms with van der Waals surface area (Å²) in [5.74, 6) is 0. The maximum atomic E-state index is 9.77. The van der Waals surface area contributed by atoms with Crippen molar-refractivity contribution in [1.29, 1.82) is 0 Å². The molecule has 1 N–H and O–H groups in total. The highest BCUT2D eigenvalue weighted by molar-refractivity contribution is 4.51. The van der Waals surface area contributed by atoms with Crippen molar-refractivity contribution in [1.82, 2.24) is 0 Å². The number of hydrogen-bond donors (Lipinski definition) is 1. The molecule has 0 atom stereocenters. The van der Waals surface area contributed by atoms with Crippen LogP contribution in [0.2, 0.25) is 0 Å². The molecule has 0 aliphatic heterocycles. The fourth-order valence-corrected chi connectivity index (χ4v) is 0.713. The van der Waals surface area contributed by atoms with Crippen LogP contribution < -0.4 is 0 Å². The van der Waals surface area contributed by atoms with Crippen LogP contribution >= 0.6 is 0 Å². The van der Waals surface area contributed by atoms with Crippen LogP contribution in [0.3, 0.4) is 0 Å². The van der Waals surface area contributed by atoms with Gasteiger partial charge in [0.25, 0.3) is 5.72 Å². The van der Waals surface area contributed by atoms with E-state index in [1.54, 1.807) is 20.3 Å². The summed E-state index contributed by atoms with van der Waals surface area (Å²) in [6.07, 6.45) is 1.66. The normalized spacial score (nSPS) is 14.4. The Morgan fingerprint density at radius 2 is 1.62 bits per heavy atom. The molecular formula is C9H22N2O2+2. The summed E-state index contributed by atoms with van der Waals surface area (Å²) in [6, 6.07) is 0. The van der Waals surface area contributed by atoms with Crippen LogP contribution in [-0.2, 0) is 4.84 Å². The first-order chi connectivity index (χ1) is 5.52. The largest absolute Gasteiger partial charge is 0.277 e. The first-order valence-corrected chi connectivity index (χ1v) is 4.27. The minimum Gasteiger partial charge on any atom is -0.215 e. The summed E-state index contributed by atoms with van der Waals surface area (Å²) < 4.78 is -0.0439. The van der Waals surface area contributed by atoms with E-state index >= 15 is 0 Å². The van der Waals surface area contributed by atoms with Crippen LogP contribution in [0, 0.1) is 0 Å². The zero-order chi connectivity index (χ0) is 10.9. The number of hydrogen-bond acceptors (Lipinski definition) is 2. The number of quaternary nitrogens is 2. The number of hydroxylamine groups is 6. The van der Waals surface area contributed by atoms with Gasteiger partial charge < -0.3 is 0 Å². The first kappa shape index (κ1) is 12.6. The Morgan fingerprint density at radius 3 is 1.85 bits per heavy atom. The van der Waals surface area contributed by atoms with Gasteiger partial charge in [0, 0.05) is 13.8 Å². The minimum atomic E-state index is -0.683. The van der Waals surface area contributed by atoms with Crippen molar-refractivity contribution in [3.63, 3.8) is 0 Å². The average molecular weight is 190 g/mol. The number of nitrogens with zero attached hydrogens (tertiary/aromatic N) is 2. The third-order valence-electron chi connectivity index (χ3n) is 2.22. The zero-order valence-electron chi connectivity index (χ0n) is 9.53. The van der Waals surface area contributed by atoms with Crippen molar-refractivity contribution in [3.05, 3.63) is 12.8 Å². The van der Waals surface area contributed by atoms with Gasteiger partial charge in [-0.1, -0.05) is 0 Å². The Hall–Kier alpha value is -0.420. The Bertz CT molecular complexity index is 192. The molecular weight excluding hydrogens is 168 g/mol. The van der Waals surface area contributed by atoms with Gasteiger partial charge in [-0.15, -0.1) is 4.84 Å². The highest BCUT2D eigenvalue weighted by Crippen LogP contribution is 2.22. The number of rotatable bonds is 4. The lowest BCUT2D eigenvalue weighted by molar-refractivity contribution is -1.19. The van der Waals surface area contributed by atoms with Gasteiger partial charge in [0.1, 0.15) is 34.4 Å². The molecule has 0 bridgehead atoms. The summed E-state index contributed by atoms with van der Waals surface area (Å²) in [5.41, 5.74) is -0.683. The molecule has 0 heterocycles. The molecule has 0 spiro atoms. The summed E-state index contributed by atoms with van der Waals surface area (Å²) in [7, 11) is 7.04. The summed E-state index contributed by atoms with van der Waals surface area (Å²) >= 11 is 0. The van der Waals surface area contributed by atoms with Crippen LogP contribution in [-0.4, -0.2) is 48.4 Å². The van der Waals surface area contributed by atoms with E-state index in [2.05, 4.69) is 6.58 Å². The smallest absolute Gasteiger partial charge is 0.215 e. The van der Waals surface area contributed by atoms with Gasteiger partial charge in [-0.05, 0) is 6.58 Å². The topological polar surface area (TPSA) is 29.5 Å². The fraction of sp³-hybridized carbons (Fsp3) is 0.778. The molecule has 0 aliphatic rings. The molecule has 0 fully saturated rings. The lowest BCUT2D eigenvalue weighted by atomic mass is 10.3. The van der Waals surface area contributed by atoms with Crippen molar-refractivity contribution in [2.75, 3.05) is 28.2 Å². The second kappa shape index (κ2) is 3.38. The van der Waals surface area contributed by atoms with E-state index in [4.69, 9.17) is 4.84 Å². The molecule has 4 nitrogen and oxygen atoms in total. The highest BCUT2D eigenvalue weighted by Gasteiger charge is 2.43. The van der Waals surface area contributed by atoms with Gasteiger partial charge in [-0.25, -0.2) is 5.21 Å². The fourth-order valence-electron chi connectivity index (χ4n) is 0.713. The summed E-state index contributed by atoms with van der Waals surface area (Å²) in [6.45, 7) is 7.32. The highest BCUT2D eigenvalue weighted by atomic mass is 16.8. The van der Waals surface area contributed by atoms with Crippen molar-refractivity contribution >= 4 is 0 Å². The van der Waals surface area contributed by atoms with Gasteiger partial charge in [0.15, 0.2) is 0 Å². The molecule has 0 unspecified atom stereocenters. The van der Waals surface area contributed by atoms with Crippen molar-refractivity contribution in [3.8, 4) is 0 Å². The van der Waals surface area contributed by atoms with Crippen molar-refractivity contribution in [2.45, 2.75) is 19.6 Å². The Labute approximate surface area is 80.7 Å². The van der Waals surface area contributed by atoms with Crippen molar-refractivity contribution < 1.29 is 19.3 Å². The second-order valence-electron chi connectivity index (χ2n) is 4.55. The van der Waals surface area contributed by atoms with E-state index in [1.165, 1.54) is 0 Å². The Morgan fingerprint density at radius 1 is 1.23 bits per heavy atom. The van der Waals surface area contributed by atoms with Gasteiger partial charge >= 0.3 is 0 Å². The third-order valence-corrected chi connectivity index (χ3v) is 2.22.